The molecule has 0 aliphatic carbocycles. The van der Waals surface area contributed by atoms with E-state index in [1.54, 1.807) is 16.3 Å². The second-order valence-electron chi connectivity index (χ2n) is 4.97. The quantitative estimate of drug-likeness (QED) is 0.678. The monoisotopic (exact) mass is 314 g/mol. The maximum Gasteiger partial charge on any atom is 0.253 e. The lowest BCUT2D eigenvalue weighted by Crippen LogP contribution is -1.97. The van der Waals surface area contributed by atoms with Crippen molar-refractivity contribution in [1.82, 2.24) is 19.6 Å². The number of benzene rings is 1. The van der Waals surface area contributed by atoms with Gasteiger partial charge in [-0.2, -0.15) is 14.6 Å². The van der Waals surface area contributed by atoms with E-state index >= 15 is 0 Å². The first-order valence-electron chi connectivity index (χ1n) is 7.04. The molecule has 1 aliphatic rings. The summed E-state index contributed by atoms with van der Waals surface area (Å²) in [5.41, 5.74) is 0.914. The Hall–Kier alpha value is -2.28. The molecule has 0 radical (unpaired) electrons. The average Bonchev–Trinajstić information content (AvgIpc) is 2.85. The highest BCUT2D eigenvalue weighted by atomic mass is 32.2. The smallest absolute Gasteiger partial charge is 0.253 e. The molecule has 0 spiro atoms. The van der Waals surface area contributed by atoms with Gasteiger partial charge in [0.05, 0.1) is 13.2 Å². The first kappa shape index (κ1) is 13.4. The fourth-order valence-corrected chi connectivity index (χ4v) is 3.29. The lowest BCUT2D eigenvalue weighted by molar-refractivity contribution is 0.297. The van der Waals surface area contributed by atoms with Crippen LogP contribution in [0.5, 0.6) is 11.5 Å². The van der Waals surface area contributed by atoms with Crippen molar-refractivity contribution >= 4 is 17.5 Å². The predicted molar refractivity (Wildman–Crippen MR) is 81.7 cm³/mol. The molecule has 0 unspecified atom stereocenters. The number of ether oxygens (including phenoxy) is 2. The van der Waals surface area contributed by atoms with Gasteiger partial charge in [-0.25, -0.2) is 4.98 Å². The van der Waals surface area contributed by atoms with E-state index in [2.05, 4.69) is 15.1 Å². The summed E-state index contributed by atoms with van der Waals surface area (Å²) >= 11 is 1.60. The largest absolute Gasteiger partial charge is 0.490 e. The summed E-state index contributed by atoms with van der Waals surface area (Å²) in [6.45, 7) is 3.33. The molecule has 0 bridgehead atoms. The number of hydrogen-bond acceptors (Lipinski definition) is 6. The van der Waals surface area contributed by atoms with Gasteiger partial charge in [-0.1, -0.05) is 11.8 Å². The molecule has 0 saturated carbocycles. The molecule has 0 atom stereocenters. The van der Waals surface area contributed by atoms with Crippen LogP contribution < -0.4 is 9.47 Å². The minimum Gasteiger partial charge on any atom is -0.490 e. The van der Waals surface area contributed by atoms with Crippen LogP contribution in [-0.4, -0.2) is 32.8 Å². The van der Waals surface area contributed by atoms with Crippen molar-refractivity contribution in [2.45, 2.75) is 23.3 Å². The molecule has 1 aromatic carbocycles. The highest BCUT2D eigenvalue weighted by molar-refractivity contribution is 7.99. The molecule has 112 valence electrons. The van der Waals surface area contributed by atoms with Crippen LogP contribution in [0.2, 0.25) is 0 Å². The van der Waals surface area contributed by atoms with E-state index in [1.165, 1.54) is 6.33 Å². The van der Waals surface area contributed by atoms with Crippen LogP contribution in [-0.2, 0) is 0 Å². The number of fused-ring (bicyclic) bond motifs is 2. The van der Waals surface area contributed by atoms with Crippen LogP contribution in [0, 0.1) is 6.92 Å². The van der Waals surface area contributed by atoms with E-state index in [1.807, 2.05) is 31.2 Å². The summed E-state index contributed by atoms with van der Waals surface area (Å²) in [7, 11) is 0. The summed E-state index contributed by atoms with van der Waals surface area (Å²) in [5, 5.41) is 5.19. The Kier molecular flexibility index (Phi) is 3.34. The van der Waals surface area contributed by atoms with Gasteiger partial charge in [0.15, 0.2) is 11.5 Å². The van der Waals surface area contributed by atoms with E-state index in [-0.39, 0.29) is 0 Å². The molecule has 7 heteroatoms. The fourth-order valence-electron chi connectivity index (χ4n) is 2.30. The molecule has 0 fully saturated rings. The number of hydrogen-bond donors (Lipinski definition) is 0. The highest BCUT2D eigenvalue weighted by Crippen LogP contribution is 2.36. The molecule has 6 nitrogen and oxygen atoms in total. The summed E-state index contributed by atoms with van der Waals surface area (Å²) in [6, 6.07) is 7.98. The lowest BCUT2D eigenvalue weighted by atomic mass is 10.3. The van der Waals surface area contributed by atoms with Crippen molar-refractivity contribution in [3.05, 3.63) is 36.3 Å². The molecule has 3 aromatic rings. The minimum atomic E-state index is 0.608. The third-order valence-electron chi connectivity index (χ3n) is 3.29. The number of rotatable bonds is 2. The maximum absolute atomic E-state index is 5.74. The second kappa shape index (κ2) is 5.49. The van der Waals surface area contributed by atoms with Crippen LogP contribution in [0.3, 0.4) is 0 Å². The third-order valence-corrected chi connectivity index (χ3v) is 4.28. The molecule has 0 saturated heterocycles. The zero-order valence-corrected chi connectivity index (χ0v) is 12.8. The zero-order valence-electron chi connectivity index (χ0n) is 12.0. The van der Waals surface area contributed by atoms with Gasteiger partial charge in [-0.15, -0.1) is 0 Å². The van der Waals surface area contributed by atoms with Crippen molar-refractivity contribution in [3.8, 4) is 11.5 Å². The normalized spacial score (nSPS) is 14.0. The SMILES string of the molecule is Cc1cc(Sc2ccc3c(c2)OCCCO3)n2ncnc2n1. The van der Waals surface area contributed by atoms with Crippen LogP contribution in [0.25, 0.3) is 5.78 Å². The molecular weight excluding hydrogens is 300 g/mol. The van der Waals surface area contributed by atoms with Gasteiger partial charge in [-0.3, -0.25) is 0 Å². The fraction of sp³-hybridized carbons (Fsp3) is 0.267. The summed E-state index contributed by atoms with van der Waals surface area (Å²) in [4.78, 5) is 9.56. The van der Waals surface area contributed by atoms with Crippen molar-refractivity contribution in [2.24, 2.45) is 0 Å². The first-order valence-corrected chi connectivity index (χ1v) is 7.86. The Labute approximate surface area is 131 Å². The average molecular weight is 314 g/mol. The standard InChI is InChI=1S/C15H14N4O2S/c1-10-7-14(19-15(18-10)16-9-17-19)22-11-3-4-12-13(8-11)21-6-2-5-20-12/h3-4,7-9H,2,5-6H2,1H3. The lowest BCUT2D eigenvalue weighted by Gasteiger charge is -2.09. The van der Waals surface area contributed by atoms with E-state index in [0.29, 0.717) is 19.0 Å². The maximum atomic E-state index is 5.74. The van der Waals surface area contributed by atoms with Crippen LogP contribution in [0.1, 0.15) is 12.1 Å². The van der Waals surface area contributed by atoms with Gasteiger partial charge in [-0.05, 0) is 31.2 Å². The van der Waals surface area contributed by atoms with Crippen molar-refractivity contribution in [1.29, 1.82) is 0 Å². The minimum absolute atomic E-state index is 0.608. The van der Waals surface area contributed by atoms with Crippen LogP contribution in [0.4, 0.5) is 0 Å². The molecule has 3 heterocycles. The van der Waals surface area contributed by atoms with Gasteiger partial charge in [0.25, 0.3) is 5.78 Å². The Morgan fingerprint density at radius 3 is 2.91 bits per heavy atom. The summed E-state index contributed by atoms with van der Waals surface area (Å²) in [5.74, 6) is 2.21. The Morgan fingerprint density at radius 1 is 1.14 bits per heavy atom. The number of aromatic nitrogens is 4. The predicted octanol–water partition coefficient (Wildman–Crippen LogP) is 2.75. The highest BCUT2D eigenvalue weighted by Gasteiger charge is 2.13. The van der Waals surface area contributed by atoms with Gasteiger partial charge < -0.3 is 9.47 Å². The number of aryl methyl sites for hydroxylation is 1. The van der Waals surface area contributed by atoms with Gasteiger partial charge in [0, 0.05) is 17.0 Å². The zero-order chi connectivity index (χ0) is 14.9. The molecule has 0 N–H and O–H groups in total. The molecule has 0 amide bonds. The second-order valence-corrected chi connectivity index (χ2v) is 6.06. The van der Waals surface area contributed by atoms with Gasteiger partial charge in [0.2, 0.25) is 0 Å². The van der Waals surface area contributed by atoms with Gasteiger partial charge in [0.1, 0.15) is 11.4 Å². The van der Waals surface area contributed by atoms with Crippen molar-refractivity contribution in [3.63, 3.8) is 0 Å². The Bertz CT molecular complexity index is 834. The summed E-state index contributed by atoms with van der Waals surface area (Å²) < 4.78 is 13.1. The van der Waals surface area contributed by atoms with E-state index < -0.39 is 0 Å². The van der Waals surface area contributed by atoms with E-state index in [9.17, 15) is 0 Å². The molecule has 4 rings (SSSR count). The number of nitrogens with zero attached hydrogens (tertiary/aromatic N) is 4. The molecule has 22 heavy (non-hydrogen) atoms. The van der Waals surface area contributed by atoms with E-state index in [4.69, 9.17) is 9.47 Å². The molecule has 2 aromatic heterocycles. The Morgan fingerprint density at radius 2 is 2.00 bits per heavy atom. The summed E-state index contributed by atoms with van der Waals surface area (Å²) in [6.07, 6.45) is 2.42. The van der Waals surface area contributed by atoms with Crippen LogP contribution in [0.15, 0.2) is 40.5 Å². The topological polar surface area (TPSA) is 61.5 Å². The van der Waals surface area contributed by atoms with E-state index in [0.717, 1.165) is 33.5 Å². The van der Waals surface area contributed by atoms with Crippen molar-refractivity contribution in [2.75, 3.05) is 13.2 Å². The molecule has 1 aliphatic heterocycles. The van der Waals surface area contributed by atoms with Gasteiger partial charge >= 0.3 is 0 Å². The third kappa shape index (κ3) is 2.48. The van der Waals surface area contributed by atoms with Crippen molar-refractivity contribution < 1.29 is 9.47 Å². The Balaban J connectivity index is 1.70. The molecular formula is C15H14N4O2S. The van der Waals surface area contributed by atoms with Crippen LogP contribution >= 0.6 is 11.8 Å². The first-order chi connectivity index (χ1) is 10.8.